The summed E-state index contributed by atoms with van der Waals surface area (Å²) in [6.07, 6.45) is 3.53. The first-order valence-electron chi connectivity index (χ1n) is 17.4. The van der Waals surface area contributed by atoms with Crippen molar-refractivity contribution in [2.24, 2.45) is 0 Å². The molecule has 2 fully saturated rings. The summed E-state index contributed by atoms with van der Waals surface area (Å²) in [5.41, 5.74) is 9.43. The molecule has 2 aromatic carbocycles. The summed E-state index contributed by atoms with van der Waals surface area (Å²) in [6.45, 7) is 6.14. The Bertz CT molecular complexity index is 1970. The molecule has 11 heteroatoms. The lowest BCUT2D eigenvalue weighted by Gasteiger charge is -2.40. The molecule has 1 amide bonds. The maximum Gasteiger partial charge on any atom is 0.219 e. The Hall–Kier alpha value is -3.73. The smallest absolute Gasteiger partial charge is 0.219 e. The number of hydrogen-bond acceptors (Lipinski definition) is 8. The van der Waals surface area contributed by atoms with Crippen molar-refractivity contribution < 1.29 is 19.4 Å². The fraction of sp³-hybridized carbons (Fsp3) is 0.410. The molecule has 4 aliphatic rings. The van der Waals surface area contributed by atoms with Crippen LogP contribution in [0.15, 0.2) is 48.5 Å². The maximum absolute atomic E-state index is 11.9. The number of carbonyl (C=O) groups is 1. The molecule has 0 radical (unpaired) electrons. The van der Waals surface area contributed by atoms with E-state index in [4.69, 9.17) is 42.6 Å². The zero-order valence-corrected chi connectivity index (χ0v) is 30.1. The Morgan fingerprint density at radius 2 is 1.20 bits per heavy atom. The highest BCUT2D eigenvalue weighted by molar-refractivity contribution is 6.39. The number of ether oxygens (including phenoxy) is 2. The van der Waals surface area contributed by atoms with E-state index in [9.17, 15) is 9.90 Å². The van der Waals surface area contributed by atoms with E-state index in [1.807, 2.05) is 41.3 Å². The minimum Gasteiger partial charge on any atom is -0.481 e. The number of aliphatic hydroxyl groups is 1. The Labute approximate surface area is 302 Å². The zero-order chi connectivity index (χ0) is 34.7. The number of carbonyl (C=O) groups excluding carboxylic acids is 1. The summed E-state index contributed by atoms with van der Waals surface area (Å²) < 4.78 is 11.8. The van der Waals surface area contributed by atoms with Crippen molar-refractivity contribution in [2.75, 3.05) is 53.5 Å². The van der Waals surface area contributed by atoms with Crippen LogP contribution in [0.25, 0.3) is 33.6 Å². The molecule has 2 saturated heterocycles. The number of methoxy groups -OCH3 is 2. The number of aryl methyl sites for hydroxylation is 2. The van der Waals surface area contributed by atoms with Gasteiger partial charge in [0.05, 0.1) is 41.8 Å². The standard InChI is InChI=1S/C39H41Cl2N5O4/c1-22(47)44-14-16-45(17-15-44)32-12-10-23-18-30(42-38(49-2)34(23)32)28-8-4-6-26(36(28)40)27-7-5-9-29(37(27)41)31-19-24-11-13-33(46-20-25(48)21-46)35(24)39(43-31)50-3/h4-9,18-19,25,32-33,48H,10-17,20-21H2,1-3H3/t32-,33+/m0/s1. The van der Waals surface area contributed by atoms with Gasteiger partial charge in [-0.1, -0.05) is 59.6 Å². The van der Waals surface area contributed by atoms with Gasteiger partial charge in [-0.15, -0.1) is 0 Å². The lowest BCUT2D eigenvalue weighted by atomic mass is 9.96. The Kier molecular flexibility index (Phi) is 8.98. The molecule has 50 heavy (non-hydrogen) atoms. The van der Waals surface area contributed by atoms with Gasteiger partial charge in [-0.25, -0.2) is 9.97 Å². The van der Waals surface area contributed by atoms with Crippen molar-refractivity contribution in [3.8, 4) is 45.4 Å². The van der Waals surface area contributed by atoms with Gasteiger partial charge in [0.25, 0.3) is 0 Å². The van der Waals surface area contributed by atoms with Gasteiger partial charge < -0.3 is 19.5 Å². The van der Waals surface area contributed by atoms with E-state index >= 15 is 0 Å². The molecule has 2 atom stereocenters. The van der Waals surface area contributed by atoms with Crippen LogP contribution in [-0.4, -0.2) is 95.3 Å². The summed E-state index contributed by atoms with van der Waals surface area (Å²) in [5.74, 6) is 1.37. The average molecular weight is 715 g/mol. The SMILES string of the molecule is COc1nc(-c2cccc(-c3cccc(-c4cc5c(c(OC)n4)[C@@H](N4CCN(C(C)=O)CC4)CC5)c3Cl)c2Cl)cc2c1[C@H](N1CC(O)C1)CC2. The number of amides is 1. The molecule has 1 N–H and O–H groups in total. The lowest BCUT2D eigenvalue weighted by molar-refractivity contribution is -0.130. The number of aromatic nitrogens is 2. The second-order valence-electron chi connectivity index (χ2n) is 13.8. The topological polar surface area (TPSA) is 91.3 Å². The van der Waals surface area contributed by atoms with Crippen LogP contribution in [0, 0.1) is 0 Å². The molecule has 0 saturated carbocycles. The summed E-state index contributed by atoms with van der Waals surface area (Å²) in [4.78, 5) is 28.5. The van der Waals surface area contributed by atoms with E-state index in [-0.39, 0.29) is 24.1 Å². The molecule has 2 aliphatic carbocycles. The van der Waals surface area contributed by atoms with Crippen LogP contribution in [0.5, 0.6) is 11.8 Å². The van der Waals surface area contributed by atoms with E-state index in [0.29, 0.717) is 34.9 Å². The first kappa shape index (κ1) is 33.4. The highest BCUT2D eigenvalue weighted by atomic mass is 35.5. The molecule has 9 nitrogen and oxygen atoms in total. The Morgan fingerprint density at radius 3 is 1.64 bits per heavy atom. The minimum atomic E-state index is -0.260. The number of piperazine rings is 1. The van der Waals surface area contributed by atoms with Crippen LogP contribution in [0.2, 0.25) is 10.0 Å². The summed E-state index contributed by atoms with van der Waals surface area (Å²) in [6, 6.07) is 16.6. The average Bonchev–Trinajstić information content (AvgIpc) is 3.74. The van der Waals surface area contributed by atoms with Gasteiger partial charge in [0, 0.05) is 91.7 Å². The first-order valence-corrected chi connectivity index (χ1v) is 18.2. The third-order valence-electron chi connectivity index (χ3n) is 11.0. The lowest BCUT2D eigenvalue weighted by Crippen LogP contribution is -2.51. The predicted molar refractivity (Wildman–Crippen MR) is 195 cm³/mol. The van der Waals surface area contributed by atoms with Gasteiger partial charge in [-0.05, 0) is 48.9 Å². The summed E-state index contributed by atoms with van der Waals surface area (Å²) in [7, 11) is 3.34. The van der Waals surface area contributed by atoms with Crippen molar-refractivity contribution >= 4 is 29.1 Å². The van der Waals surface area contributed by atoms with Crippen molar-refractivity contribution in [1.29, 1.82) is 0 Å². The molecular formula is C39H41Cl2N5O4. The van der Waals surface area contributed by atoms with Crippen LogP contribution in [-0.2, 0) is 17.6 Å². The van der Waals surface area contributed by atoms with Crippen LogP contribution in [0.1, 0.15) is 54.1 Å². The number of hydrogen-bond donors (Lipinski definition) is 1. The third-order valence-corrected chi connectivity index (χ3v) is 11.8. The normalized spacial score (nSPS) is 20.8. The molecule has 260 valence electrons. The Morgan fingerprint density at radius 1 is 0.740 bits per heavy atom. The molecular weight excluding hydrogens is 673 g/mol. The molecule has 8 rings (SSSR count). The van der Waals surface area contributed by atoms with Gasteiger partial charge in [0.15, 0.2) is 0 Å². The van der Waals surface area contributed by atoms with Crippen LogP contribution in [0.4, 0.5) is 0 Å². The number of benzene rings is 2. The van der Waals surface area contributed by atoms with Crippen LogP contribution in [0.3, 0.4) is 0 Å². The summed E-state index contributed by atoms with van der Waals surface area (Å²) >= 11 is 14.5. The van der Waals surface area contributed by atoms with E-state index < -0.39 is 0 Å². The number of halogens is 2. The zero-order valence-electron chi connectivity index (χ0n) is 28.6. The molecule has 4 aromatic rings. The number of likely N-dealkylation sites (tertiary alicyclic amines) is 1. The quantitative estimate of drug-likeness (QED) is 0.229. The summed E-state index contributed by atoms with van der Waals surface area (Å²) in [5, 5.41) is 11.0. The molecule has 4 heterocycles. The fourth-order valence-electron chi connectivity index (χ4n) is 8.45. The van der Waals surface area contributed by atoms with E-state index in [1.54, 1.807) is 21.1 Å². The highest BCUT2D eigenvalue weighted by Gasteiger charge is 2.39. The van der Waals surface area contributed by atoms with Crippen LogP contribution >= 0.6 is 23.2 Å². The van der Waals surface area contributed by atoms with Gasteiger partial charge in [0.1, 0.15) is 0 Å². The number of β-amino-alcohol motifs (C(OH)–C–C–N with tert-alkyl or cyclic N) is 1. The van der Waals surface area contributed by atoms with E-state index in [2.05, 4.69) is 21.9 Å². The largest absolute Gasteiger partial charge is 0.481 e. The fourth-order valence-corrected chi connectivity index (χ4v) is 9.10. The monoisotopic (exact) mass is 713 g/mol. The van der Waals surface area contributed by atoms with Crippen molar-refractivity contribution in [3.05, 3.63) is 80.8 Å². The minimum absolute atomic E-state index is 0.131. The second kappa shape index (κ2) is 13.4. The van der Waals surface area contributed by atoms with Gasteiger partial charge in [0.2, 0.25) is 17.7 Å². The van der Waals surface area contributed by atoms with E-state index in [1.165, 1.54) is 11.1 Å². The maximum atomic E-state index is 11.9. The van der Waals surface area contributed by atoms with Gasteiger partial charge in [-0.3, -0.25) is 14.6 Å². The van der Waals surface area contributed by atoms with Gasteiger partial charge >= 0.3 is 0 Å². The van der Waals surface area contributed by atoms with Crippen LogP contribution < -0.4 is 9.47 Å². The molecule has 0 unspecified atom stereocenters. The number of fused-ring (bicyclic) bond motifs is 2. The number of pyridine rings is 2. The van der Waals surface area contributed by atoms with Crippen molar-refractivity contribution in [1.82, 2.24) is 24.7 Å². The molecule has 0 spiro atoms. The van der Waals surface area contributed by atoms with E-state index in [0.717, 1.165) is 96.6 Å². The second-order valence-corrected chi connectivity index (χ2v) is 14.5. The molecule has 0 bridgehead atoms. The number of nitrogens with zero attached hydrogens (tertiary/aromatic N) is 5. The highest BCUT2D eigenvalue weighted by Crippen LogP contribution is 2.48. The molecule has 2 aliphatic heterocycles. The van der Waals surface area contributed by atoms with Crippen molar-refractivity contribution in [2.45, 2.75) is 50.8 Å². The molecule has 2 aromatic heterocycles. The van der Waals surface area contributed by atoms with Crippen molar-refractivity contribution in [3.63, 3.8) is 0 Å². The first-order chi connectivity index (χ1) is 24.2. The number of rotatable bonds is 7. The third kappa shape index (κ3) is 5.73. The number of aliphatic hydroxyl groups excluding tert-OH is 1. The Balaban J connectivity index is 1.11. The predicted octanol–water partition coefficient (Wildman–Crippen LogP) is 6.62. The van der Waals surface area contributed by atoms with Gasteiger partial charge in [-0.2, -0.15) is 0 Å².